The normalized spacial score (nSPS) is 18.7. The fraction of sp³-hybridized carbons (Fsp3) is 0.462. The molecule has 0 aromatic heterocycles. The lowest BCUT2D eigenvalue weighted by molar-refractivity contribution is -0.139. The van der Waals surface area contributed by atoms with Crippen LogP contribution in [0.4, 0.5) is 0 Å². The van der Waals surface area contributed by atoms with Gasteiger partial charge in [-0.3, -0.25) is 9.69 Å². The average molecular weight is 298 g/mol. The summed E-state index contributed by atoms with van der Waals surface area (Å²) in [5.41, 5.74) is 1.28. The van der Waals surface area contributed by atoms with Gasteiger partial charge >= 0.3 is 5.97 Å². The quantitative estimate of drug-likeness (QED) is 0.929. The van der Waals surface area contributed by atoms with E-state index in [0.717, 1.165) is 17.6 Å². The molecule has 4 heteroatoms. The SMILES string of the molecule is CC(c1ccc(Br)cc1)N1CC(CC(=O)O)C1. The van der Waals surface area contributed by atoms with E-state index in [9.17, 15) is 4.79 Å². The molecule has 1 atom stereocenters. The summed E-state index contributed by atoms with van der Waals surface area (Å²) in [6.07, 6.45) is 0.295. The molecule has 1 unspecified atom stereocenters. The molecule has 1 aromatic rings. The summed E-state index contributed by atoms with van der Waals surface area (Å²) < 4.78 is 1.08. The first-order valence-corrected chi connectivity index (χ1v) is 6.57. The van der Waals surface area contributed by atoms with Crippen LogP contribution in [-0.4, -0.2) is 29.1 Å². The van der Waals surface area contributed by atoms with E-state index in [2.05, 4.69) is 39.9 Å². The standard InChI is InChI=1S/C13H16BrNO2/c1-9(11-2-4-12(14)5-3-11)15-7-10(8-15)6-13(16)17/h2-5,9-10H,6-8H2,1H3,(H,16,17). The lowest BCUT2D eigenvalue weighted by Crippen LogP contribution is -2.48. The van der Waals surface area contributed by atoms with E-state index >= 15 is 0 Å². The number of halogens is 1. The van der Waals surface area contributed by atoms with E-state index in [0.29, 0.717) is 18.4 Å². The van der Waals surface area contributed by atoms with Crippen LogP contribution in [0, 0.1) is 5.92 Å². The fourth-order valence-electron chi connectivity index (χ4n) is 2.25. The predicted octanol–water partition coefficient (Wildman–Crippen LogP) is 2.92. The van der Waals surface area contributed by atoms with Crippen molar-refractivity contribution in [1.29, 1.82) is 0 Å². The average Bonchev–Trinajstić information content (AvgIpc) is 2.23. The van der Waals surface area contributed by atoms with Crippen LogP contribution in [0.15, 0.2) is 28.7 Å². The molecule has 0 radical (unpaired) electrons. The molecule has 17 heavy (non-hydrogen) atoms. The summed E-state index contributed by atoms with van der Waals surface area (Å²) in [7, 11) is 0. The van der Waals surface area contributed by atoms with Crippen molar-refractivity contribution in [1.82, 2.24) is 4.90 Å². The summed E-state index contributed by atoms with van der Waals surface area (Å²) in [5.74, 6) is -0.364. The Morgan fingerprint density at radius 3 is 2.59 bits per heavy atom. The van der Waals surface area contributed by atoms with Crippen LogP contribution in [-0.2, 0) is 4.79 Å². The fourth-order valence-corrected chi connectivity index (χ4v) is 2.52. The maximum atomic E-state index is 10.6. The Hall–Kier alpha value is -0.870. The minimum atomic E-state index is -0.689. The summed E-state index contributed by atoms with van der Waals surface area (Å²) >= 11 is 3.42. The number of hydrogen-bond donors (Lipinski definition) is 1. The zero-order valence-corrected chi connectivity index (χ0v) is 11.4. The lowest BCUT2D eigenvalue weighted by atomic mass is 9.92. The molecule has 0 saturated carbocycles. The molecule has 1 fully saturated rings. The second-order valence-corrected chi connectivity index (χ2v) is 5.56. The number of rotatable bonds is 4. The first-order valence-electron chi connectivity index (χ1n) is 5.77. The number of aliphatic carboxylic acids is 1. The van der Waals surface area contributed by atoms with Gasteiger partial charge in [-0.05, 0) is 30.5 Å². The molecule has 1 aliphatic heterocycles. The smallest absolute Gasteiger partial charge is 0.303 e. The first-order chi connectivity index (χ1) is 8.06. The van der Waals surface area contributed by atoms with Gasteiger partial charge < -0.3 is 5.11 Å². The number of likely N-dealkylation sites (tertiary alicyclic amines) is 1. The van der Waals surface area contributed by atoms with Gasteiger partial charge in [0, 0.05) is 23.6 Å². The second-order valence-electron chi connectivity index (χ2n) is 4.65. The Kier molecular flexibility index (Phi) is 3.84. The zero-order valence-electron chi connectivity index (χ0n) is 9.77. The highest BCUT2D eigenvalue weighted by molar-refractivity contribution is 9.10. The van der Waals surface area contributed by atoms with Gasteiger partial charge in [0.05, 0.1) is 6.42 Å². The highest BCUT2D eigenvalue weighted by Gasteiger charge is 2.31. The maximum Gasteiger partial charge on any atom is 0.303 e. The summed E-state index contributed by atoms with van der Waals surface area (Å²) in [5, 5.41) is 8.70. The molecule has 1 saturated heterocycles. The molecule has 1 N–H and O–H groups in total. The molecular formula is C13H16BrNO2. The van der Waals surface area contributed by atoms with Crippen LogP contribution in [0.3, 0.4) is 0 Å². The van der Waals surface area contributed by atoms with E-state index in [1.807, 2.05) is 12.1 Å². The molecule has 92 valence electrons. The highest BCUT2D eigenvalue weighted by Crippen LogP contribution is 2.30. The Labute approximate surface area is 110 Å². The number of carbonyl (C=O) groups is 1. The van der Waals surface area contributed by atoms with E-state index < -0.39 is 5.97 Å². The third-order valence-electron chi connectivity index (χ3n) is 3.35. The molecule has 1 aliphatic rings. The summed E-state index contributed by atoms with van der Waals surface area (Å²) in [4.78, 5) is 12.9. The van der Waals surface area contributed by atoms with Crippen molar-refractivity contribution in [2.75, 3.05) is 13.1 Å². The molecule has 2 rings (SSSR count). The maximum absolute atomic E-state index is 10.6. The van der Waals surface area contributed by atoms with Gasteiger partial charge in [0.2, 0.25) is 0 Å². The third kappa shape index (κ3) is 3.07. The monoisotopic (exact) mass is 297 g/mol. The van der Waals surface area contributed by atoms with Gasteiger partial charge in [-0.15, -0.1) is 0 Å². The summed E-state index contributed by atoms with van der Waals surface area (Å²) in [6.45, 7) is 3.95. The van der Waals surface area contributed by atoms with Gasteiger partial charge in [0.15, 0.2) is 0 Å². The van der Waals surface area contributed by atoms with Crippen molar-refractivity contribution in [3.8, 4) is 0 Å². The Morgan fingerprint density at radius 2 is 2.06 bits per heavy atom. The van der Waals surface area contributed by atoms with E-state index in [4.69, 9.17) is 5.11 Å². The Balaban J connectivity index is 1.88. The largest absolute Gasteiger partial charge is 0.481 e. The molecule has 0 bridgehead atoms. The van der Waals surface area contributed by atoms with Crippen molar-refractivity contribution < 1.29 is 9.90 Å². The third-order valence-corrected chi connectivity index (χ3v) is 3.88. The van der Waals surface area contributed by atoms with Crippen LogP contribution < -0.4 is 0 Å². The molecule has 0 aliphatic carbocycles. The van der Waals surface area contributed by atoms with Crippen LogP contribution >= 0.6 is 15.9 Å². The summed E-state index contributed by atoms with van der Waals surface area (Å²) in [6, 6.07) is 8.67. The van der Waals surface area contributed by atoms with Crippen molar-refractivity contribution in [3.05, 3.63) is 34.3 Å². The van der Waals surface area contributed by atoms with E-state index in [-0.39, 0.29) is 0 Å². The minimum absolute atomic E-state index is 0.295. The van der Waals surface area contributed by atoms with Gasteiger partial charge in [0.25, 0.3) is 0 Å². The number of benzene rings is 1. The molecular weight excluding hydrogens is 282 g/mol. The van der Waals surface area contributed by atoms with Crippen molar-refractivity contribution >= 4 is 21.9 Å². The number of carboxylic acids is 1. The second kappa shape index (κ2) is 5.19. The van der Waals surface area contributed by atoms with E-state index in [1.54, 1.807) is 0 Å². The van der Waals surface area contributed by atoms with Crippen LogP contribution in [0.1, 0.15) is 24.9 Å². The van der Waals surface area contributed by atoms with E-state index in [1.165, 1.54) is 5.56 Å². The number of nitrogens with zero attached hydrogens (tertiary/aromatic N) is 1. The topological polar surface area (TPSA) is 40.5 Å². The predicted molar refractivity (Wildman–Crippen MR) is 69.9 cm³/mol. The Bertz CT molecular complexity index is 398. The van der Waals surface area contributed by atoms with Gasteiger partial charge in [-0.25, -0.2) is 0 Å². The van der Waals surface area contributed by atoms with Crippen LogP contribution in [0.2, 0.25) is 0 Å². The molecule has 1 aromatic carbocycles. The van der Waals surface area contributed by atoms with Crippen molar-refractivity contribution in [2.45, 2.75) is 19.4 Å². The minimum Gasteiger partial charge on any atom is -0.481 e. The van der Waals surface area contributed by atoms with Gasteiger partial charge in [0.1, 0.15) is 0 Å². The van der Waals surface area contributed by atoms with Gasteiger partial charge in [-0.2, -0.15) is 0 Å². The molecule has 1 heterocycles. The van der Waals surface area contributed by atoms with Crippen molar-refractivity contribution in [3.63, 3.8) is 0 Å². The highest BCUT2D eigenvalue weighted by atomic mass is 79.9. The number of carboxylic acid groups (broad SMARTS) is 1. The van der Waals surface area contributed by atoms with Crippen LogP contribution in [0.5, 0.6) is 0 Å². The molecule has 3 nitrogen and oxygen atoms in total. The van der Waals surface area contributed by atoms with Gasteiger partial charge in [-0.1, -0.05) is 28.1 Å². The molecule has 0 spiro atoms. The first kappa shape index (κ1) is 12.6. The number of hydrogen-bond acceptors (Lipinski definition) is 2. The Morgan fingerprint density at radius 1 is 1.47 bits per heavy atom. The van der Waals surface area contributed by atoms with Crippen LogP contribution in [0.25, 0.3) is 0 Å². The zero-order chi connectivity index (χ0) is 12.4. The lowest BCUT2D eigenvalue weighted by Gasteiger charge is -2.42. The van der Waals surface area contributed by atoms with Crippen molar-refractivity contribution in [2.24, 2.45) is 5.92 Å². The molecule has 0 amide bonds.